The van der Waals surface area contributed by atoms with Gasteiger partial charge in [0.2, 0.25) is 5.91 Å². The van der Waals surface area contributed by atoms with Crippen LogP contribution in [0, 0.1) is 0 Å². The van der Waals surface area contributed by atoms with Crippen molar-refractivity contribution in [2.75, 3.05) is 11.1 Å². The van der Waals surface area contributed by atoms with Gasteiger partial charge < -0.3 is 5.32 Å². The first-order valence-electron chi connectivity index (χ1n) is 8.15. The number of nitrogens with zero attached hydrogens (tertiary/aromatic N) is 3. The summed E-state index contributed by atoms with van der Waals surface area (Å²) in [5.74, 6) is 0.652. The summed E-state index contributed by atoms with van der Waals surface area (Å²) in [5, 5.41) is 12.8. The van der Waals surface area contributed by atoms with Crippen LogP contribution >= 0.6 is 50.9 Å². The molecule has 0 radical (unpaired) electrons. The molecule has 0 bridgehead atoms. The van der Waals surface area contributed by atoms with Crippen molar-refractivity contribution < 1.29 is 4.79 Å². The number of carbonyl (C=O) groups is 1. The monoisotopic (exact) mass is 496 g/mol. The second-order valence-electron chi connectivity index (χ2n) is 5.67. The van der Waals surface area contributed by atoms with E-state index in [-0.39, 0.29) is 11.7 Å². The molecule has 0 aliphatic heterocycles. The number of allylic oxidation sites excluding steroid dienone is 1. The zero-order valence-electron chi connectivity index (χ0n) is 14.5. The van der Waals surface area contributed by atoms with Gasteiger partial charge in [-0.3, -0.25) is 9.36 Å². The third-order valence-corrected chi connectivity index (χ3v) is 5.73. The Balaban J connectivity index is 1.73. The molecule has 0 fully saturated rings. The molecule has 0 unspecified atom stereocenters. The van der Waals surface area contributed by atoms with Gasteiger partial charge in [-0.2, -0.15) is 0 Å². The average molecular weight is 498 g/mol. The summed E-state index contributed by atoms with van der Waals surface area (Å²) in [6, 6.07) is 12.7. The molecular formula is C19H15BrCl2N4OS. The highest BCUT2D eigenvalue weighted by atomic mass is 79.9. The van der Waals surface area contributed by atoms with Crippen molar-refractivity contribution in [3.8, 4) is 11.4 Å². The van der Waals surface area contributed by atoms with Gasteiger partial charge in [0.25, 0.3) is 0 Å². The third kappa shape index (κ3) is 5.17. The van der Waals surface area contributed by atoms with E-state index in [0.717, 1.165) is 10.0 Å². The third-order valence-electron chi connectivity index (χ3n) is 3.67. The molecule has 0 atom stereocenters. The zero-order valence-corrected chi connectivity index (χ0v) is 18.4. The predicted octanol–water partition coefficient (Wildman–Crippen LogP) is 5.93. The van der Waals surface area contributed by atoms with Crippen LogP contribution in [0.2, 0.25) is 10.0 Å². The van der Waals surface area contributed by atoms with Crippen molar-refractivity contribution in [2.24, 2.45) is 0 Å². The molecule has 1 N–H and O–H groups in total. The van der Waals surface area contributed by atoms with Crippen molar-refractivity contribution in [1.29, 1.82) is 0 Å². The normalized spacial score (nSPS) is 10.7. The number of anilines is 1. The lowest BCUT2D eigenvalue weighted by atomic mass is 10.2. The Hall–Kier alpha value is -1.80. The lowest BCUT2D eigenvalue weighted by Gasteiger charge is -2.09. The van der Waals surface area contributed by atoms with Gasteiger partial charge >= 0.3 is 0 Å². The van der Waals surface area contributed by atoms with Crippen LogP contribution in [0.5, 0.6) is 0 Å². The highest BCUT2D eigenvalue weighted by Crippen LogP contribution is 2.27. The molecular weight excluding hydrogens is 483 g/mol. The summed E-state index contributed by atoms with van der Waals surface area (Å²) in [4.78, 5) is 12.3. The Morgan fingerprint density at radius 1 is 1.21 bits per heavy atom. The minimum atomic E-state index is -0.215. The summed E-state index contributed by atoms with van der Waals surface area (Å²) in [7, 11) is 0. The number of nitrogens with one attached hydrogen (secondary N) is 1. The van der Waals surface area contributed by atoms with E-state index < -0.39 is 0 Å². The molecule has 1 amide bonds. The molecule has 1 aromatic heterocycles. The van der Waals surface area contributed by atoms with E-state index in [1.807, 2.05) is 28.8 Å². The van der Waals surface area contributed by atoms with Crippen LogP contribution in [0.3, 0.4) is 0 Å². The number of halogens is 3. The first kappa shape index (κ1) is 20.9. The van der Waals surface area contributed by atoms with Crippen molar-refractivity contribution in [1.82, 2.24) is 14.8 Å². The quantitative estimate of drug-likeness (QED) is 0.324. The zero-order chi connectivity index (χ0) is 20.1. The molecule has 0 spiro atoms. The summed E-state index contributed by atoms with van der Waals surface area (Å²) in [5.41, 5.74) is 1.41. The van der Waals surface area contributed by atoms with E-state index in [2.05, 4.69) is 38.0 Å². The second-order valence-corrected chi connectivity index (χ2v) is 8.38. The Morgan fingerprint density at radius 2 is 1.96 bits per heavy atom. The first-order valence-corrected chi connectivity index (χ1v) is 10.7. The maximum atomic E-state index is 12.3. The highest BCUT2D eigenvalue weighted by molar-refractivity contribution is 9.10. The van der Waals surface area contributed by atoms with Crippen molar-refractivity contribution in [3.63, 3.8) is 0 Å². The molecule has 9 heteroatoms. The largest absolute Gasteiger partial charge is 0.324 e. The molecule has 1 heterocycles. The van der Waals surface area contributed by atoms with E-state index in [1.54, 1.807) is 24.3 Å². The molecule has 0 saturated carbocycles. The van der Waals surface area contributed by atoms with Gasteiger partial charge in [-0.1, -0.05) is 69.1 Å². The van der Waals surface area contributed by atoms with Gasteiger partial charge in [0.15, 0.2) is 11.0 Å². The first-order chi connectivity index (χ1) is 13.5. The Kier molecular flexibility index (Phi) is 7.18. The highest BCUT2D eigenvalue weighted by Gasteiger charge is 2.15. The van der Waals surface area contributed by atoms with Crippen molar-refractivity contribution >= 4 is 62.5 Å². The number of carbonyl (C=O) groups excluding carboxylic acids is 1. The van der Waals surface area contributed by atoms with Gasteiger partial charge in [0.1, 0.15) is 0 Å². The van der Waals surface area contributed by atoms with Crippen molar-refractivity contribution in [3.05, 3.63) is 69.6 Å². The number of rotatable bonds is 7. The number of benzene rings is 2. The van der Waals surface area contributed by atoms with Crippen LogP contribution < -0.4 is 5.32 Å². The van der Waals surface area contributed by atoms with Crippen LogP contribution in [0.25, 0.3) is 11.4 Å². The van der Waals surface area contributed by atoms with Gasteiger partial charge in [-0.25, -0.2) is 0 Å². The Morgan fingerprint density at radius 3 is 2.68 bits per heavy atom. The number of aromatic nitrogens is 3. The predicted molar refractivity (Wildman–Crippen MR) is 119 cm³/mol. The Labute approximate surface area is 185 Å². The Bertz CT molecular complexity index is 1010. The molecule has 3 aromatic rings. The van der Waals surface area contributed by atoms with Crippen LogP contribution in [-0.4, -0.2) is 26.4 Å². The smallest absolute Gasteiger partial charge is 0.234 e. The minimum absolute atomic E-state index is 0.151. The number of hydrogen-bond donors (Lipinski definition) is 1. The molecule has 0 saturated heterocycles. The summed E-state index contributed by atoms with van der Waals surface area (Å²) >= 11 is 16.7. The van der Waals surface area contributed by atoms with E-state index in [9.17, 15) is 4.79 Å². The number of thioether (sulfide) groups is 1. The average Bonchev–Trinajstić information content (AvgIpc) is 3.07. The topological polar surface area (TPSA) is 59.8 Å². The van der Waals surface area contributed by atoms with Gasteiger partial charge in [0.05, 0.1) is 16.5 Å². The molecule has 5 nitrogen and oxygen atoms in total. The molecule has 0 aliphatic carbocycles. The molecule has 144 valence electrons. The fourth-order valence-corrected chi connectivity index (χ4v) is 3.76. The summed E-state index contributed by atoms with van der Waals surface area (Å²) in [6.07, 6.45) is 1.77. The van der Waals surface area contributed by atoms with E-state index in [1.165, 1.54) is 11.8 Å². The van der Waals surface area contributed by atoms with E-state index in [4.69, 9.17) is 23.2 Å². The van der Waals surface area contributed by atoms with E-state index in [0.29, 0.717) is 33.3 Å². The van der Waals surface area contributed by atoms with Crippen molar-refractivity contribution in [2.45, 2.75) is 11.7 Å². The van der Waals surface area contributed by atoms with Crippen LogP contribution in [0.1, 0.15) is 0 Å². The SMILES string of the molecule is C=CCn1c(SCC(=O)Nc2cc(Cl)ccc2Cl)nnc1-c1ccc(Br)cc1. The van der Waals surface area contributed by atoms with Gasteiger partial charge in [0, 0.05) is 21.6 Å². The lowest BCUT2D eigenvalue weighted by Crippen LogP contribution is -2.15. The van der Waals surface area contributed by atoms with Gasteiger partial charge in [-0.05, 0) is 30.3 Å². The lowest BCUT2D eigenvalue weighted by molar-refractivity contribution is -0.113. The minimum Gasteiger partial charge on any atom is -0.324 e. The second kappa shape index (κ2) is 9.60. The maximum Gasteiger partial charge on any atom is 0.234 e. The fraction of sp³-hybridized carbons (Fsp3) is 0.105. The fourth-order valence-electron chi connectivity index (χ4n) is 2.41. The maximum absolute atomic E-state index is 12.3. The molecule has 0 aliphatic rings. The number of hydrogen-bond acceptors (Lipinski definition) is 4. The number of amides is 1. The standard InChI is InChI=1S/C19H15BrCl2N4OS/c1-2-9-26-18(12-3-5-13(20)6-4-12)24-25-19(26)28-11-17(27)23-16-10-14(21)7-8-15(16)22/h2-8,10H,1,9,11H2,(H,23,27). The van der Waals surface area contributed by atoms with Crippen LogP contribution in [-0.2, 0) is 11.3 Å². The molecule has 28 heavy (non-hydrogen) atoms. The van der Waals surface area contributed by atoms with Gasteiger partial charge in [-0.15, -0.1) is 16.8 Å². The summed E-state index contributed by atoms with van der Waals surface area (Å²) < 4.78 is 2.90. The van der Waals surface area contributed by atoms with Crippen LogP contribution in [0.15, 0.2) is 64.7 Å². The van der Waals surface area contributed by atoms with E-state index >= 15 is 0 Å². The van der Waals surface area contributed by atoms with Crippen LogP contribution in [0.4, 0.5) is 5.69 Å². The summed E-state index contributed by atoms with van der Waals surface area (Å²) in [6.45, 7) is 4.33. The molecule has 2 aromatic carbocycles. The molecule has 3 rings (SSSR count).